The van der Waals surface area contributed by atoms with Crippen LogP contribution in [0.15, 0.2) is 252 Å². The number of hydrogen-bond donors (Lipinski definition) is 0. The van der Waals surface area contributed by atoms with Crippen LogP contribution in [0.1, 0.15) is 27.7 Å². The molecule has 12 aromatic rings. The monoisotopic (exact) mass is 1200 g/mol. The summed E-state index contributed by atoms with van der Waals surface area (Å²) in [5, 5.41) is 5.04. The maximum Gasteiger partial charge on any atom is 0.494 e. The minimum atomic E-state index is -0.364. The van der Waals surface area contributed by atoms with E-state index < -0.39 is 0 Å². The van der Waals surface area contributed by atoms with Crippen LogP contribution in [0, 0.1) is 3.57 Å². The van der Waals surface area contributed by atoms with E-state index in [4.69, 9.17) is 9.31 Å². The Morgan fingerprint density at radius 1 is 0.351 bits per heavy atom. The average molecular weight is 1200 g/mol. The molecule has 362 valence electrons. The van der Waals surface area contributed by atoms with E-state index in [0.29, 0.717) is 0 Å². The van der Waals surface area contributed by atoms with Crippen molar-refractivity contribution >= 4 is 111 Å². The second kappa shape index (κ2) is 21.0. The molecule has 13 rings (SSSR count). The minimum Gasteiger partial charge on any atom is -0.399 e. The molecule has 1 fully saturated rings. The first kappa shape index (κ1) is 49.7. The fourth-order valence-corrected chi connectivity index (χ4v) is 11.0. The summed E-state index contributed by atoms with van der Waals surface area (Å²) in [7, 11) is -0.364. The Bertz CT molecular complexity index is 3930. The lowest BCUT2D eigenvalue weighted by atomic mass is 9.79. The van der Waals surface area contributed by atoms with Crippen LogP contribution in [0.3, 0.4) is 0 Å². The lowest BCUT2D eigenvalue weighted by Gasteiger charge is -2.32. The summed E-state index contributed by atoms with van der Waals surface area (Å²) in [4.78, 5) is 0. The summed E-state index contributed by atoms with van der Waals surface area (Å²) in [6.45, 7) is 8.36. The van der Waals surface area contributed by atoms with Gasteiger partial charge in [0.05, 0.1) is 33.3 Å². The Morgan fingerprint density at radius 3 is 1.20 bits per heavy atom. The Labute approximate surface area is 464 Å². The van der Waals surface area contributed by atoms with Crippen LogP contribution >= 0.6 is 54.5 Å². The number of hydrogen-bond acceptors (Lipinski definition) is 2. The minimum absolute atomic E-state index is 0.348. The summed E-state index contributed by atoms with van der Waals surface area (Å²) in [6, 6.07) is 85.8. The molecule has 74 heavy (non-hydrogen) atoms. The van der Waals surface area contributed by atoms with Crippen molar-refractivity contribution in [1.82, 2.24) is 9.13 Å². The van der Waals surface area contributed by atoms with Crippen LogP contribution in [0.4, 0.5) is 0 Å². The number of benzene rings is 10. The maximum absolute atomic E-state index is 6.29. The van der Waals surface area contributed by atoms with Gasteiger partial charge >= 0.3 is 7.12 Å². The van der Waals surface area contributed by atoms with E-state index in [-0.39, 0.29) is 18.3 Å². The van der Waals surface area contributed by atoms with E-state index in [2.05, 4.69) is 322 Å². The number of halogens is 3. The van der Waals surface area contributed by atoms with Gasteiger partial charge in [0.1, 0.15) is 0 Å². The molecule has 0 saturated carbocycles. The highest BCUT2D eigenvalue weighted by Crippen LogP contribution is 2.39. The first-order chi connectivity index (χ1) is 35.9. The van der Waals surface area contributed by atoms with Gasteiger partial charge in [0.15, 0.2) is 0 Å². The van der Waals surface area contributed by atoms with Crippen LogP contribution in [-0.4, -0.2) is 27.5 Å². The Morgan fingerprint density at radius 2 is 0.730 bits per heavy atom. The summed E-state index contributed by atoms with van der Waals surface area (Å²) in [6.07, 6.45) is 0. The van der Waals surface area contributed by atoms with Gasteiger partial charge in [0, 0.05) is 45.4 Å². The topological polar surface area (TPSA) is 28.3 Å². The molecule has 0 N–H and O–H groups in total. The molecular weight excluding hydrogens is 1150 g/mol. The van der Waals surface area contributed by atoms with Crippen LogP contribution < -0.4 is 5.46 Å². The van der Waals surface area contributed by atoms with Crippen molar-refractivity contribution in [2.75, 3.05) is 0 Å². The fraction of sp³-hybridized carbons (Fsp3) is 0.0909. The van der Waals surface area contributed by atoms with Crippen molar-refractivity contribution < 1.29 is 9.31 Å². The number of nitrogens with zero attached hydrogens (tertiary/aromatic N) is 2. The maximum atomic E-state index is 6.29. The Balaban J connectivity index is 0.000000128. The molecule has 0 bridgehead atoms. The van der Waals surface area contributed by atoms with Gasteiger partial charge in [-0.3, -0.25) is 0 Å². The van der Waals surface area contributed by atoms with Gasteiger partial charge in [-0.05, 0) is 174 Å². The molecule has 0 aliphatic carbocycles. The Kier molecular flexibility index (Phi) is 14.1. The summed E-state index contributed by atoms with van der Waals surface area (Å²) < 4.78 is 20.7. The van der Waals surface area contributed by atoms with E-state index in [1.54, 1.807) is 0 Å². The zero-order chi connectivity index (χ0) is 51.0. The number of aromatic nitrogens is 2. The van der Waals surface area contributed by atoms with Gasteiger partial charge < -0.3 is 18.4 Å². The molecule has 0 unspecified atom stereocenters. The second-order valence-electron chi connectivity index (χ2n) is 19.6. The molecule has 2 aromatic heterocycles. The predicted molar refractivity (Wildman–Crippen MR) is 328 cm³/mol. The molecule has 1 aliphatic heterocycles. The van der Waals surface area contributed by atoms with Crippen LogP contribution in [0.25, 0.3) is 88.4 Å². The van der Waals surface area contributed by atoms with E-state index in [1.807, 2.05) is 12.1 Å². The first-order valence-electron chi connectivity index (χ1n) is 24.8. The molecule has 4 nitrogen and oxygen atoms in total. The molecule has 1 saturated heterocycles. The zero-order valence-corrected chi connectivity index (χ0v) is 46.8. The number of para-hydroxylation sites is 4. The molecule has 0 atom stereocenters. The highest BCUT2D eigenvalue weighted by Gasteiger charge is 2.51. The summed E-state index contributed by atoms with van der Waals surface area (Å²) >= 11 is 9.36. The molecule has 1 aliphatic rings. The van der Waals surface area contributed by atoms with Crippen molar-refractivity contribution in [3.05, 3.63) is 255 Å². The quantitative estimate of drug-likeness (QED) is 0.123. The lowest BCUT2D eigenvalue weighted by Crippen LogP contribution is -2.41. The van der Waals surface area contributed by atoms with Gasteiger partial charge in [-0.1, -0.05) is 190 Å². The summed E-state index contributed by atoms with van der Waals surface area (Å²) in [5.41, 5.74) is 14.9. The first-order valence-corrected chi connectivity index (χ1v) is 27.5. The highest BCUT2D eigenvalue weighted by atomic mass is 127. The van der Waals surface area contributed by atoms with Gasteiger partial charge in [-0.15, -0.1) is 0 Å². The molecular formula is C66H52BBr2IN2O2. The van der Waals surface area contributed by atoms with Gasteiger partial charge in [-0.2, -0.15) is 0 Å². The summed E-state index contributed by atoms with van der Waals surface area (Å²) in [5.74, 6) is 0. The van der Waals surface area contributed by atoms with Crippen molar-refractivity contribution in [3.8, 4) is 44.8 Å². The van der Waals surface area contributed by atoms with E-state index >= 15 is 0 Å². The standard InChI is InChI=1S/C30H20BrN.C24H24BNO2.C12H8BrI/c31-25-8-6-7-23(19-25)21-13-15-22(16-14-21)24-17-18-28-27-11-4-5-12-29(27)32(30(28)20-24)26-9-2-1-3-10-26;1-23(2)24(3,4)28-25(27-23)17-14-15-20-19-12-8-9-13-21(19)26(22(20)16-17)18-10-6-5-7-11-18;13-11-3-1-2-10(8-11)9-4-6-12(14)7-5-9/h1-20H;5-16H,1-4H3;1-8H. The van der Waals surface area contributed by atoms with E-state index in [9.17, 15) is 0 Å². The van der Waals surface area contributed by atoms with Crippen molar-refractivity contribution in [2.24, 2.45) is 0 Å². The third-order valence-electron chi connectivity index (χ3n) is 14.3. The fourth-order valence-electron chi connectivity index (χ4n) is 9.81. The van der Waals surface area contributed by atoms with Crippen LogP contribution in [-0.2, 0) is 9.31 Å². The SMILES string of the molecule is Brc1cccc(-c2ccc(-c3ccc4c5ccccc5n(-c5ccccc5)c4c3)cc2)c1.Brc1cccc(-c2ccc(I)cc2)c1.CC1(C)OB(c2ccc3c4ccccc4n(-c4ccccc4)c3c2)OC1(C)C. The van der Waals surface area contributed by atoms with Crippen molar-refractivity contribution in [3.63, 3.8) is 0 Å². The van der Waals surface area contributed by atoms with Crippen molar-refractivity contribution in [2.45, 2.75) is 38.9 Å². The van der Waals surface area contributed by atoms with Crippen LogP contribution in [0.5, 0.6) is 0 Å². The number of fused-ring (bicyclic) bond motifs is 6. The largest absolute Gasteiger partial charge is 0.494 e. The van der Waals surface area contributed by atoms with Crippen molar-refractivity contribution in [1.29, 1.82) is 0 Å². The molecule has 3 heterocycles. The normalized spacial score (nSPS) is 13.7. The molecule has 0 amide bonds. The van der Waals surface area contributed by atoms with Gasteiger partial charge in [-0.25, -0.2) is 0 Å². The third kappa shape index (κ3) is 10.1. The van der Waals surface area contributed by atoms with Gasteiger partial charge in [0.2, 0.25) is 0 Å². The molecule has 0 radical (unpaired) electrons. The molecule has 8 heteroatoms. The van der Waals surface area contributed by atoms with E-state index in [1.165, 1.54) is 86.2 Å². The molecule has 0 spiro atoms. The third-order valence-corrected chi connectivity index (χ3v) is 16.0. The van der Waals surface area contributed by atoms with E-state index in [0.717, 1.165) is 20.1 Å². The Hall–Kier alpha value is -6.53. The second-order valence-corrected chi connectivity index (χ2v) is 22.7. The molecule has 10 aromatic carbocycles. The van der Waals surface area contributed by atoms with Crippen LogP contribution in [0.2, 0.25) is 0 Å². The average Bonchev–Trinajstić information content (AvgIpc) is 4.02. The smallest absolute Gasteiger partial charge is 0.399 e. The predicted octanol–water partition coefficient (Wildman–Crippen LogP) is 18.7. The highest BCUT2D eigenvalue weighted by molar-refractivity contribution is 14.1. The number of rotatable bonds is 6. The lowest BCUT2D eigenvalue weighted by molar-refractivity contribution is 0.00578. The van der Waals surface area contributed by atoms with Gasteiger partial charge in [0.25, 0.3) is 0 Å². The zero-order valence-electron chi connectivity index (χ0n) is 41.5.